The molecule has 1 fully saturated rings. The zero-order chi connectivity index (χ0) is 13.7. The summed E-state index contributed by atoms with van der Waals surface area (Å²) in [6.45, 7) is 0.539. The molecule has 2 atom stereocenters. The normalized spacial score (nSPS) is 20.9. The zero-order valence-electron chi connectivity index (χ0n) is 10.5. The number of likely N-dealkylation sites (tertiary alicyclic amines) is 1. The van der Waals surface area contributed by atoms with Gasteiger partial charge in [-0.15, -0.1) is 0 Å². The average Bonchev–Trinajstić information content (AvgIpc) is 2.64. The van der Waals surface area contributed by atoms with Crippen molar-refractivity contribution >= 4 is 17.8 Å². The molecule has 7 heteroatoms. The molecule has 0 aliphatic carbocycles. The van der Waals surface area contributed by atoms with E-state index in [9.17, 15) is 14.4 Å². The third kappa shape index (κ3) is 3.99. The van der Waals surface area contributed by atoms with Crippen LogP contribution in [0.15, 0.2) is 0 Å². The average molecular weight is 258 g/mol. The molecule has 0 spiro atoms. The van der Waals surface area contributed by atoms with E-state index >= 15 is 0 Å². The molecular weight excluding hydrogens is 240 g/mol. The fourth-order valence-electron chi connectivity index (χ4n) is 1.83. The monoisotopic (exact) mass is 258 g/mol. The van der Waals surface area contributed by atoms with Crippen LogP contribution in [0, 0.1) is 5.92 Å². The molecule has 2 unspecified atom stereocenters. The highest BCUT2D eigenvalue weighted by molar-refractivity contribution is 5.89. The maximum atomic E-state index is 11.7. The van der Waals surface area contributed by atoms with Crippen molar-refractivity contribution in [2.24, 2.45) is 5.92 Å². The topological polar surface area (TPSA) is 95.9 Å². The van der Waals surface area contributed by atoms with E-state index in [2.05, 4.69) is 5.32 Å². The van der Waals surface area contributed by atoms with Crippen LogP contribution >= 0.6 is 0 Å². The number of ether oxygens (including phenoxy) is 1. The Morgan fingerprint density at radius 3 is 2.72 bits per heavy atom. The lowest BCUT2D eigenvalue weighted by atomic mass is 10.1. The Bertz CT molecular complexity index is 344. The van der Waals surface area contributed by atoms with E-state index in [1.165, 1.54) is 12.0 Å². The van der Waals surface area contributed by atoms with Gasteiger partial charge in [0, 0.05) is 33.7 Å². The predicted molar refractivity (Wildman–Crippen MR) is 61.8 cm³/mol. The summed E-state index contributed by atoms with van der Waals surface area (Å²) in [5, 5.41) is 11.2. The van der Waals surface area contributed by atoms with Gasteiger partial charge in [-0.1, -0.05) is 0 Å². The molecule has 0 aromatic heterocycles. The molecule has 102 valence electrons. The van der Waals surface area contributed by atoms with Crippen LogP contribution in [0.3, 0.4) is 0 Å². The Hall–Kier alpha value is -1.63. The number of hydrogen-bond acceptors (Lipinski definition) is 4. The van der Waals surface area contributed by atoms with E-state index in [4.69, 9.17) is 9.84 Å². The van der Waals surface area contributed by atoms with Crippen LogP contribution in [-0.2, 0) is 19.1 Å². The summed E-state index contributed by atoms with van der Waals surface area (Å²) < 4.78 is 4.94. The molecule has 1 saturated heterocycles. The van der Waals surface area contributed by atoms with Crippen LogP contribution < -0.4 is 5.32 Å². The predicted octanol–water partition coefficient (Wildman–Crippen LogP) is -0.929. The zero-order valence-corrected chi connectivity index (χ0v) is 10.5. The van der Waals surface area contributed by atoms with Gasteiger partial charge in [-0.2, -0.15) is 0 Å². The number of carbonyl (C=O) groups excluding carboxylic acids is 2. The fourth-order valence-corrected chi connectivity index (χ4v) is 1.83. The second kappa shape index (κ2) is 6.34. The first-order valence-corrected chi connectivity index (χ1v) is 5.70. The van der Waals surface area contributed by atoms with Crippen LogP contribution in [0.2, 0.25) is 0 Å². The minimum Gasteiger partial charge on any atom is -0.481 e. The third-order valence-electron chi connectivity index (χ3n) is 2.95. The summed E-state index contributed by atoms with van der Waals surface area (Å²) in [5.74, 6) is -1.62. The first-order valence-electron chi connectivity index (χ1n) is 5.70. The van der Waals surface area contributed by atoms with Crippen molar-refractivity contribution in [2.45, 2.75) is 18.9 Å². The molecule has 2 amide bonds. The van der Waals surface area contributed by atoms with Crippen LogP contribution in [0.1, 0.15) is 12.8 Å². The highest BCUT2D eigenvalue weighted by Gasteiger charge is 2.32. The van der Waals surface area contributed by atoms with Crippen molar-refractivity contribution in [3.8, 4) is 0 Å². The van der Waals surface area contributed by atoms with E-state index in [0.29, 0.717) is 6.54 Å². The highest BCUT2D eigenvalue weighted by Crippen LogP contribution is 2.15. The van der Waals surface area contributed by atoms with Gasteiger partial charge in [-0.05, 0) is 0 Å². The van der Waals surface area contributed by atoms with Gasteiger partial charge in [0.25, 0.3) is 0 Å². The lowest BCUT2D eigenvalue weighted by molar-refractivity contribution is -0.140. The molecule has 1 heterocycles. The number of carboxylic acids is 1. The molecule has 0 radical (unpaired) electrons. The van der Waals surface area contributed by atoms with E-state index < -0.39 is 12.1 Å². The Morgan fingerprint density at radius 1 is 1.61 bits per heavy atom. The molecule has 2 N–H and O–H groups in total. The molecule has 0 aromatic carbocycles. The number of rotatable bonds is 6. The lowest BCUT2D eigenvalue weighted by Crippen LogP contribution is -2.38. The summed E-state index contributed by atoms with van der Waals surface area (Å²) in [6.07, 6.45) is -0.514. The third-order valence-corrected chi connectivity index (χ3v) is 2.95. The SMILES string of the molecule is COC(CNC(=O)C1CC(=O)N(C)C1)CC(=O)O. The van der Waals surface area contributed by atoms with Crippen LogP contribution in [-0.4, -0.2) is 61.1 Å². The highest BCUT2D eigenvalue weighted by atomic mass is 16.5. The second-order valence-corrected chi connectivity index (χ2v) is 4.38. The standard InChI is InChI=1S/C11H18N2O5/c1-13-6-7(3-9(13)14)11(17)12-5-8(18-2)4-10(15)16/h7-8H,3-6H2,1-2H3,(H,12,17)(H,15,16). The second-order valence-electron chi connectivity index (χ2n) is 4.38. The van der Waals surface area contributed by atoms with Crippen molar-refractivity contribution in [1.29, 1.82) is 0 Å². The van der Waals surface area contributed by atoms with E-state index in [1.807, 2.05) is 0 Å². The number of nitrogens with zero attached hydrogens (tertiary/aromatic N) is 1. The molecule has 0 aromatic rings. The largest absolute Gasteiger partial charge is 0.481 e. The number of hydrogen-bond donors (Lipinski definition) is 2. The Labute approximate surface area is 105 Å². The van der Waals surface area contributed by atoms with Gasteiger partial charge in [0.1, 0.15) is 0 Å². The molecule has 0 bridgehead atoms. The first kappa shape index (κ1) is 14.4. The number of nitrogens with one attached hydrogen (secondary N) is 1. The van der Waals surface area contributed by atoms with Crippen LogP contribution in [0.4, 0.5) is 0 Å². The molecular formula is C11H18N2O5. The van der Waals surface area contributed by atoms with E-state index in [1.54, 1.807) is 7.05 Å². The number of amides is 2. The molecule has 18 heavy (non-hydrogen) atoms. The first-order chi connectivity index (χ1) is 8.43. The summed E-state index contributed by atoms with van der Waals surface area (Å²) in [7, 11) is 3.05. The molecule has 1 aliphatic heterocycles. The van der Waals surface area contributed by atoms with E-state index in [-0.39, 0.29) is 37.1 Å². The van der Waals surface area contributed by atoms with Gasteiger partial charge in [-0.3, -0.25) is 14.4 Å². The summed E-state index contributed by atoms with van der Waals surface area (Å²) in [4.78, 5) is 35.0. The quantitative estimate of drug-likeness (QED) is 0.641. The molecule has 1 rings (SSSR count). The van der Waals surface area contributed by atoms with Crippen molar-refractivity contribution < 1.29 is 24.2 Å². The van der Waals surface area contributed by atoms with Gasteiger partial charge in [0.15, 0.2) is 0 Å². The van der Waals surface area contributed by atoms with Crippen molar-refractivity contribution in [2.75, 3.05) is 27.2 Å². The summed E-state index contributed by atoms with van der Waals surface area (Å²) in [6, 6.07) is 0. The number of carboxylic acid groups (broad SMARTS) is 1. The summed E-state index contributed by atoms with van der Waals surface area (Å²) >= 11 is 0. The minimum atomic E-state index is -0.980. The van der Waals surface area contributed by atoms with Crippen LogP contribution in [0.25, 0.3) is 0 Å². The number of methoxy groups -OCH3 is 1. The van der Waals surface area contributed by atoms with Crippen LogP contribution in [0.5, 0.6) is 0 Å². The van der Waals surface area contributed by atoms with E-state index in [0.717, 1.165) is 0 Å². The number of carbonyl (C=O) groups is 3. The molecule has 0 saturated carbocycles. The van der Waals surface area contributed by atoms with Crippen molar-refractivity contribution in [1.82, 2.24) is 10.2 Å². The fraction of sp³-hybridized carbons (Fsp3) is 0.727. The van der Waals surface area contributed by atoms with Gasteiger partial charge < -0.3 is 20.1 Å². The smallest absolute Gasteiger partial charge is 0.306 e. The van der Waals surface area contributed by atoms with Crippen molar-refractivity contribution in [3.05, 3.63) is 0 Å². The molecule has 1 aliphatic rings. The van der Waals surface area contributed by atoms with Gasteiger partial charge in [-0.25, -0.2) is 0 Å². The Morgan fingerprint density at radius 2 is 2.28 bits per heavy atom. The van der Waals surface area contributed by atoms with Gasteiger partial charge in [0.05, 0.1) is 18.4 Å². The molecule has 7 nitrogen and oxygen atoms in total. The number of aliphatic carboxylic acids is 1. The van der Waals surface area contributed by atoms with Crippen molar-refractivity contribution in [3.63, 3.8) is 0 Å². The Kier molecular flexibility index (Phi) is 5.08. The van der Waals surface area contributed by atoms with Gasteiger partial charge >= 0.3 is 5.97 Å². The summed E-state index contributed by atoms with van der Waals surface area (Å²) in [5.41, 5.74) is 0. The van der Waals surface area contributed by atoms with Gasteiger partial charge in [0.2, 0.25) is 11.8 Å². The Balaban J connectivity index is 2.36. The maximum Gasteiger partial charge on any atom is 0.306 e. The maximum absolute atomic E-state index is 11.7. The minimum absolute atomic E-state index is 0.0519. The lowest BCUT2D eigenvalue weighted by Gasteiger charge is -2.16.